The third kappa shape index (κ3) is 1.70. The van der Waals surface area contributed by atoms with Crippen molar-refractivity contribution in [2.45, 2.75) is 6.54 Å². The maximum Gasteiger partial charge on any atom is 0.197 e. The van der Waals surface area contributed by atoms with E-state index in [0.29, 0.717) is 23.9 Å². The first-order valence-corrected chi connectivity index (χ1v) is 5.58. The minimum absolute atomic E-state index is 0.326. The molecule has 0 saturated heterocycles. The summed E-state index contributed by atoms with van der Waals surface area (Å²) >= 11 is 0. The van der Waals surface area contributed by atoms with Gasteiger partial charge in [-0.15, -0.1) is 0 Å². The third-order valence-corrected chi connectivity index (χ3v) is 2.76. The molecule has 0 bridgehead atoms. The molecule has 2 heterocycles. The van der Waals surface area contributed by atoms with Crippen molar-refractivity contribution in [3.05, 3.63) is 42.1 Å². The van der Waals surface area contributed by atoms with E-state index in [-0.39, 0.29) is 0 Å². The van der Waals surface area contributed by atoms with Gasteiger partial charge in [0.1, 0.15) is 11.4 Å². The van der Waals surface area contributed by atoms with Crippen LogP contribution in [0.1, 0.15) is 5.56 Å². The van der Waals surface area contributed by atoms with Gasteiger partial charge in [0.05, 0.1) is 0 Å². The molecule has 18 heavy (non-hydrogen) atoms. The first kappa shape index (κ1) is 10.7. The number of benzene rings is 1. The van der Waals surface area contributed by atoms with Crippen LogP contribution in [-0.4, -0.2) is 9.97 Å². The molecule has 2 aromatic heterocycles. The van der Waals surface area contributed by atoms with E-state index in [4.69, 9.17) is 15.9 Å². The average molecular weight is 240 g/mol. The van der Waals surface area contributed by atoms with Crippen LogP contribution in [0, 0.1) is 0 Å². The Morgan fingerprint density at radius 3 is 2.78 bits per heavy atom. The van der Waals surface area contributed by atoms with E-state index in [2.05, 4.69) is 9.97 Å². The van der Waals surface area contributed by atoms with Gasteiger partial charge in [-0.05, 0) is 12.1 Å². The highest BCUT2D eigenvalue weighted by Gasteiger charge is 2.10. The van der Waals surface area contributed by atoms with Gasteiger partial charge in [0.15, 0.2) is 11.6 Å². The van der Waals surface area contributed by atoms with Crippen LogP contribution in [-0.2, 0) is 6.54 Å². The van der Waals surface area contributed by atoms with Gasteiger partial charge in [-0.25, -0.2) is 9.97 Å². The van der Waals surface area contributed by atoms with Crippen LogP contribution in [0.5, 0.6) is 0 Å². The number of para-hydroxylation sites is 1. The second-order valence-electron chi connectivity index (χ2n) is 3.96. The van der Waals surface area contributed by atoms with Crippen molar-refractivity contribution in [3.8, 4) is 11.6 Å². The van der Waals surface area contributed by atoms with Crippen LogP contribution in [0.4, 0.5) is 5.82 Å². The minimum Gasteiger partial charge on any atom is -0.453 e. The summed E-state index contributed by atoms with van der Waals surface area (Å²) in [6.45, 7) is 0.326. The number of anilines is 1. The molecule has 0 aliphatic heterocycles. The standard InChI is InChI=1S/C13H12N4O/c14-6-9-7-16-13(17-12(9)15)11-5-8-3-1-2-4-10(8)18-11/h1-5,7H,6,14H2,(H2,15,16,17). The van der Waals surface area contributed by atoms with E-state index in [1.807, 2.05) is 30.3 Å². The number of nitrogens with two attached hydrogens (primary N) is 2. The quantitative estimate of drug-likeness (QED) is 0.714. The van der Waals surface area contributed by atoms with E-state index in [1.54, 1.807) is 6.20 Å². The fraction of sp³-hybridized carbons (Fsp3) is 0.0769. The van der Waals surface area contributed by atoms with Crippen molar-refractivity contribution in [1.82, 2.24) is 9.97 Å². The third-order valence-electron chi connectivity index (χ3n) is 2.76. The van der Waals surface area contributed by atoms with Crippen molar-refractivity contribution in [1.29, 1.82) is 0 Å². The molecule has 0 unspecified atom stereocenters. The van der Waals surface area contributed by atoms with Crippen molar-refractivity contribution in [3.63, 3.8) is 0 Å². The molecule has 0 fully saturated rings. The van der Waals surface area contributed by atoms with Gasteiger partial charge in [0.25, 0.3) is 0 Å². The molecule has 3 rings (SSSR count). The van der Waals surface area contributed by atoms with E-state index in [1.165, 1.54) is 0 Å². The molecule has 3 aromatic rings. The van der Waals surface area contributed by atoms with E-state index in [9.17, 15) is 0 Å². The lowest BCUT2D eigenvalue weighted by atomic mass is 10.2. The molecule has 0 amide bonds. The maximum absolute atomic E-state index is 5.79. The average Bonchev–Trinajstić information content (AvgIpc) is 2.82. The number of hydrogen-bond acceptors (Lipinski definition) is 5. The van der Waals surface area contributed by atoms with E-state index >= 15 is 0 Å². The Hall–Kier alpha value is -2.40. The summed E-state index contributed by atoms with van der Waals surface area (Å²) in [5, 5.41) is 1.01. The summed E-state index contributed by atoms with van der Waals surface area (Å²) in [5.41, 5.74) is 12.8. The summed E-state index contributed by atoms with van der Waals surface area (Å²) in [6, 6.07) is 9.64. The maximum atomic E-state index is 5.79. The van der Waals surface area contributed by atoms with Crippen molar-refractivity contribution >= 4 is 16.8 Å². The topological polar surface area (TPSA) is 91.0 Å². The van der Waals surface area contributed by atoms with Crippen LogP contribution < -0.4 is 11.5 Å². The van der Waals surface area contributed by atoms with Crippen LogP contribution in [0.15, 0.2) is 40.9 Å². The zero-order valence-corrected chi connectivity index (χ0v) is 9.63. The molecule has 90 valence electrons. The summed E-state index contributed by atoms with van der Waals surface area (Å²) in [6.07, 6.45) is 1.63. The molecule has 4 N–H and O–H groups in total. The monoisotopic (exact) mass is 240 g/mol. The molecule has 5 heteroatoms. The van der Waals surface area contributed by atoms with Crippen LogP contribution in [0.25, 0.3) is 22.6 Å². The first-order chi connectivity index (χ1) is 8.78. The summed E-state index contributed by atoms with van der Waals surface area (Å²) in [7, 11) is 0. The van der Waals surface area contributed by atoms with Gasteiger partial charge in [0.2, 0.25) is 0 Å². The zero-order chi connectivity index (χ0) is 12.5. The van der Waals surface area contributed by atoms with E-state index in [0.717, 1.165) is 16.5 Å². The Labute approximate surface area is 103 Å². The SMILES string of the molecule is NCc1cnc(-c2cc3ccccc3o2)nc1N. The molecule has 1 aromatic carbocycles. The second-order valence-corrected chi connectivity index (χ2v) is 3.96. The van der Waals surface area contributed by atoms with Gasteiger partial charge in [-0.3, -0.25) is 0 Å². The molecule has 5 nitrogen and oxygen atoms in total. The number of rotatable bonds is 2. The smallest absolute Gasteiger partial charge is 0.197 e. The fourth-order valence-electron chi connectivity index (χ4n) is 1.79. The first-order valence-electron chi connectivity index (χ1n) is 5.58. The number of fused-ring (bicyclic) bond motifs is 1. The summed E-state index contributed by atoms with van der Waals surface area (Å²) in [5.74, 6) is 1.47. The lowest BCUT2D eigenvalue weighted by Crippen LogP contribution is -2.05. The van der Waals surface area contributed by atoms with Gasteiger partial charge < -0.3 is 15.9 Å². The highest BCUT2D eigenvalue weighted by atomic mass is 16.3. The number of furan rings is 1. The summed E-state index contributed by atoms with van der Waals surface area (Å²) < 4.78 is 5.67. The Bertz CT molecular complexity index is 672. The van der Waals surface area contributed by atoms with Gasteiger partial charge >= 0.3 is 0 Å². The Morgan fingerprint density at radius 2 is 2.06 bits per heavy atom. The molecule has 0 saturated carbocycles. The second kappa shape index (κ2) is 4.12. The van der Waals surface area contributed by atoms with Crippen LogP contribution >= 0.6 is 0 Å². The van der Waals surface area contributed by atoms with Gasteiger partial charge in [-0.2, -0.15) is 0 Å². The fourth-order valence-corrected chi connectivity index (χ4v) is 1.79. The molecule has 0 aliphatic rings. The number of aromatic nitrogens is 2. The predicted octanol–water partition coefficient (Wildman–Crippen LogP) is 1.93. The molecule has 0 atom stereocenters. The van der Waals surface area contributed by atoms with Gasteiger partial charge in [0, 0.05) is 23.7 Å². The lowest BCUT2D eigenvalue weighted by molar-refractivity contribution is 0.625. The van der Waals surface area contributed by atoms with Crippen LogP contribution in [0.2, 0.25) is 0 Å². The number of hydrogen-bond donors (Lipinski definition) is 2. The summed E-state index contributed by atoms with van der Waals surface area (Å²) in [4.78, 5) is 8.41. The number of nitrogen functional groups attached to an aromatic ring is 1. The normalized spacial score (nSPS) is 10.9. The Balaban J connectivity index is 2.11. The van der Waals surface area contributed by atoms with Crippen molar-refractivity contribution < 1.29 is 4.42 Å². The van der Waals surface area contributed by atoms with Crippen LogP contribution in [0.3, 0.4) is 0 Å². The van der Waals surface area contributed by atoms with E-state index < -0.39 is 0 Å². The molecular weight excluding hydrogens is 228 g/mol. The largest absolute Gasteiger partial charge is 0.453 e. The minimum atomic E-state index is 0.326. The highest BCUT2D eigenvalue weighted by molar-refractivity contribution is 5.81. The molecule has 0 aliphatic carbocycles. The number of nitrogens with zero attached hydrogens (tertiary/aromatic N) is 2. The molecule has 0 spiro atoms. The zero-order valence-electron chi connectivity index (χ0n) is 9.63. The Kier molecular flexibility index (Phi) is 2.46. The molecule has 0 radical (unpaired) electrons. The molecular formula is C13H12N4O. The Morgan fingerprint density at radius 1 is 1.22 bits per heavy atom. The van der Waals surface area contributed by atoms with Gasteiger partial charge in [-0.1, -0.05) is 18.2 Å². The van der Waals surface area contributed by atoms with Crippen molar-refractivity contribution in [2.24, 2.45) is 5.73 Å². The van der Waals surface area contributed by atoms with Crippen molar-refractivity contribution in [2.75, 3.05) is 5.73 Å². The predicted molar refractivity (Wildman–Crippen MR) is 69.5 cm³/mol. The lowest BCUT2D eigenvalue weighted by Gasteiger charge is -2.02. The highest BCUT2D eigenvalue weighted by Crippen LogP contribution is 2.25.